The van der Waals surface area contributed by atoms with Gasteiger partial charge in [0.1, 0.15) is 5.75 Å². The highest BCUT2D eigenvalue weighted by Gasteiger charge is 2.28. The first kappa shape index (κ1) is 14.1. The van der Waals surface area contributed by atoms with Gasteiger partial charge in [-0.15, -0.1) is 0 Å². The largest absolute Gasteiger partial charge is 0.484 e. The molecule has 0 unspecified atom stereocenters. The number of amides is 1. The van der Waals surface area contributed by atoms with Crippen LogP contribution in [0.25, 0.3) is 0 Å². The Morgan fingerprint density at radius 1 is 1.37 bits per heavy atom. The number of rotatable bonds is 4. The first-order valence-electron chi connectivity index (χ1n) is 5.83. The molecule has 1 saturated heterocycles. The summed E-state index contributed by atoms with van der Waals surface area (Å²) in [6.45, 7) is -0.141. The van der Waals surface area contributed by atoms with Gasteiger partial charge in [0.2, 0.25) is 0 Å². The average molecular weight is 304 g/mol. The van der Waals surface area contributed by atoms with Crippen LogP contribution in [0.3, 0.4) is 0 Å². The quantitative estimate of drug-likeness (QED) is 0.901. The van der Waals surface area contributed by atoms with Crippen LogP contribution in [0.15, 0.2) is 24.3 Å². The van der Waals surface area contributed by atoms with Crippen LogP contribution in [-0.4, -0.2) is 38.5 Å². The average Bonchev–Trinajstić information content (AvgIpc) is 2.68. The molecule has 1 amide bonds. The molecule has 0 saturated carbocycles. The van der Waals surface area contributed by atoms with Crippen molar-refractivity contribution in [3.63, 3.8) is 0 Å². The minimum atomic E-state index is -2.98. The van der Waals surface area contributed by atoms with Crippen molar-refractivity contribution in [1.82, 2.24) is 5.32 Å². The number of sulfone groups is 1. The van der Waals surface area contributed by atoms with Gasteiger partial charge in [-0.1, -0.05) is 11.6 Å². The number of hydrogen-bond donors (Lipinski definition) is 1. The van der Waals surface area contributed by atoms with Gasteiger partial charge in [0.05, 0.1) is 11.5 Å². The Hall–Kier alpha value is -1.27. The Balaban J connectivity index is 1.77. The Morgan fingerprint density at radius 2 is 2.05 bits per heavy atom. The van der Waals surface area contributed by atoms with Crippen molar-refractivity contribution in [2.24, 2.45) is 0 Å². The van der Waals surface area contributed by atoms with Gasteiger partial charge in [0.15, 0.2) is 16.4 Å². The molecule has 0 aromatic heterocycles. The summed E-state index contributed by atoms with van der Waals surface area (Å²) in [5.74, 6) is 0.367. The van der Waals surface area contributed by atoms with Crippen molar-refractivity contribution in [1.29, 1.82) is 0 Å². The van der Waals surface area contributed by atoms with Crippen molar-refractivity contribution in [2.75, 3.05) is 18.1 Å². The molecule has 0 radical (unpaired) electrons. The maximum absolute atomic E-state index is 11.6. The van der Waals surface area contributed by atoms with E-state index in [1.807, 2.05) is 0 Å². The second-order valence-corrected chi connectivity index (χ2v) is 7.08. The summed E-state index contributed by atoms with van der Waals surface area (Å²) >= 11 is 5.72. The van der Waals surface area contributed by atoms with Gasteiger partial charge in [0, 0.05) is 11.1 Å². The van der Waals surface area contributed by atoms with Gasteiger partial charge in [-0.3, -0.25) is 4.79 Å². The lowest BCUT2D eigenvalue weighted by Crippen LogP contribution is -2.38. The summed E-state index contributed by atoms with van der Waals surface area (Å²) in [7, 11) is -2.98. The zero-order chi connectivity index (χ0) is 13.9. The third kappa shape index (κ3) is 4.40. The van der Waals surface area contributed by atoms with E-state index in [2.05, 4.69) is 5.32 Å². The van der Waals surface area contributed by atoms with Crippen molar-refractivity contribution in [2.45, 2.75) is 12.5 Å². The van der Waals surface area contributed by atoms with E-state index in [4.69, 9.17) is 16.3 Å². The molecule has 1 aromatic carbocycles. The summed E-state index contributed by atoms with van der Waals surface area (Å²) in [5, 5.41) is 3.24. The summed E-state index contributed by atoms with van der Waals surface area (Å²) in [5.41, 5.74) is 0. The summed E-state index contributed by atoms with van der Waals surface area (Å²) in [4.78, 5) is 11.6. The summed E-state index contributed by atoms with van der Waals surface area (Å²) in [6, 6.07) is 6.36. The van der Waals surface area contributed by atoms with Crippen molar-refractivity contribution >= 4 is 27.3 Å². The van der Waals surface area contributed by atoms with Crippen LogP contribution >= 0.6 is 11.6 Å². The Labute approximate surface area is 116 Å². The minimum absolute atomic E-state index is 0.0136. The van der Waals surface area contributed by atoms with Gasteiger partial charge in [-0.05, 0) is 30.7 Å². The molecule has 1 N–H and O–H groups in total. The van der Waals surface area contributed by atoms with E-state index in [1.54, 1.807) is 24.3 Å². The molecule has 0 bridgehead atoms. The highest BCUT2D eigenvalue weighted by molar-refractivity contribution is 7.91. The fourth-order valence-electron chi connectivity index (χ4n) is 1.86. The van der Waals surface area contributed by atoms with Gasteiger partial charge in [-0.2, -0.15) is 0 Å². The molecule has 1 heterocycles. The molecule has 2 rings (SSSR count). The molecular formula is C12H14ClNO4S. The monoisotopic (exact) mass is 303 g/mol. The van der Waals surface area contributed by atoms with Crippen molar-refractivity contribution in [3.05, 3.63) is 29.3 Å². The van der Waals surface area contributed by atoms with E-state index in [0.29, 0.717) is 17.2 Å². The van der Waals surface area contributed by atoms with Crippen LogP contribution < -0.4 is 10.1 Å². The number of carbonyl (C=O) groups excluding carboxylic acids is 1. The zero-order valence-electron chi connectivity index (χ0n) is 10.1. The van der Waals surface area contributed by atoms with E-state index < -0.39 is 9.84 Å². The lowest BCUT2D eigenvalue weighted by atomic mass is 10.2. The normalized spacial score (nSPS) is 21.0. The predicted molar refractivity (Wildman–Crippen MR) is 72.1 cm³/mol. The molecule has 1 aliphatic heterocycles. The molecule has 0 spiro atoms. The number of halogens is 1. The van der Waals surface area contributed by atoms with E-state index in [0.717, 1.165) is 0 Å². The van der Waals surface area contributed by atoms with Gasteiger partial charge >= 0.3 is 0 Å². The first-order valence-corrected chi connectivity index (χ1v) is 8.03. The second-order valence-electron chi connectivity index (χ2n) is 4.41. The first-order chi connectivity index (χ1) is 8.94. The Morgan fingerprint density at radius 3 is 2.63 bits per heavy atom. The van der Waals surface area contributed by atoms with Crippen LogP contribution in [0, 0.1) is 0 Å². The zero-order valence-corrected chi connectivity index (χ0v) is 11.7. The number of nitrogens with one attached hydrogen (secondary N) is 1. The van der Waals surface area contributed by atoms with E-state index in [-0.39, 0.29) is 30.1 Å². The van der Waals surface area contributed by atoms with Crippen LogP contribution in [0.2, 0.25) is 5.02 Å². The van der Waals surface area contributed by atoms with E-state index in [1.165, 1.54) is 0 Å². The van der Waals surface area contributed by atoms with Crippen LogP contribution in [-0.2, 0) is 14.6 Å². The molecule has 104 valence electrons. The summed E-state index contributed by atoms with van der Waals surface area (Å²) in [6.07, 6.45) is 0.467. The number of ether oxygens (including phenoxy) is 1. The topological polar surface area (TPSA) is 72.5 Å². The second kappa shape index (κ2) is 5.79. The molecule has 1 aromatic rings. The third-order valence-electron chi connectivity index (χ3n) is 2.78. The Kier molecular flexibility index (Phi) is 4.31. The minimum Gasteiger partial charge on any atom is -0.484 e. The third-order valence-corrected chi connectivity index (χ3v) is 4.80. The maximum Gasteiger partial charge on any atom is 0.258 e. The van der Waals surface area contributed by atoms with E-state index in [9.17, 15) is 13.2 Å². The molecule has 5 nitrogen and oxygen atoms in total. The lowest BCUT2D eigenvalue weighted by molar-refractivity contribution is -0.123. The number of hydrogen-bond acceptors (Lipinski definition) is 4. The van der Waals surface area contributed by atoms with Gasteiger partial charge in [-0.25, -0.2) is 8.42 Å². The molecule has 19 heavy (non-hydrogen) atoms. The lowest BCUT2D eigenvalue weighted by Gasteiger charge is -2.11. The molecule has 0 aliphatic carbocycles. The number of carbonyl (C=O) groups is 1. The van der Waals surface area contributed by atoms with E-state index >= 15 is 0 Å². The highest BCUT2D eigenvalue weighted by Crippen LogP contribution is 2.15. The maximum atomic E-state index is 11.6. The molecule has 1 fully saturated rings. The summed E-state index contributed by atoms with van der Waals surface area (Å²) < 4.78 is 27.7. The molecule has 7 heteroatoms. The van der Waals surface area contributed by atoms with Gasteiger partial charge < -0.3 is 10.1 Å². The SMILES string of the molecule is O=C(COc1ccc(Cl)cc1)N[C@@H]1CCS(=O)(=O)C1. The van der Waals surface area contributed by atoms with Crippen LogP contribution in [0.5, 0.6) is 5.75 Å². The smallest absolute Gasteiger partial charge is 0.258 e. The fraction of sp³-hybridized carbons (Fsp3) is 0.417. The molecule has 1 aliphatic rings. The predicted octanol–water partition coefficient (Wildman–Crippen LogP) is 1.02. The van der Waals surface area contributed by atoms with Crippen molar-refractivity contribution in [3.8, 4) is 5.75 Å². The Bertz CT molecular complexity index is 556. The number of benzene rings is 1. The standard InChI is InChI=1S/C12H14ClNO4S/c13-9-1-3-11(4-2-9)18-7-12(15)14-10-5-6-19(16,17)8-10/h1-4,10H,5-8H2,(H,14,15)/t10-/m1/s1. The van der Waals surface area contributed by atoms with Crippen LogP contribution in [0.1, 0.15) is 6.42 Å². The molecule has 1 atom stereocenters. The van der Waals surface area contributed by atoms with Gasteiger partial charge in [0.25, 0.3) is 5.91 Å². The van der Waals surface area contributed by atoms with Crippen LogP contribution in [0.4, 0.5) is 0 Å². The molecular weight excluding hydrogens is 290 g/mol. The highest BCUT2D eigenvalue weighted by atomic mass is 35.5. The fourth-order valence-corrected chi connectivity index (χ4v) is 3.66. The van der Waals surface area contributed by atoms with Crippen molar-refractivity contribution < 1.29 is 17.9 Å².